The van der Waals surface area contributed by atoms with E-state index in [1.807, 2.05) is 24.7 Å². The van der Waals surface area contributed by atoms with Crippen molar-refractivity contribution in [1.29, 1.82) is 0 Å². The Morgan fingerprint density at radius 2 is 2.00 bits per heavy atom. The minimum Gasteiger partial charge on any atom is -0.355 e. The van der Waals surface area contributed by atoms with E-state index >= 15 is 0 Å². The van der Waals surface area contributed by atoms with E-state index in [1.165, 1.54) is 18.2 Å². The summed E-state index contributed by atoms with van der Waals surface area (Å²) in [5.41, 5.74) is 3.45. The van der Waals surface area contributed by atoms with Crippen LogP contribution in [-0.4, -0.2) is 30.6 Å². The molecule has 0 spiro atoms. The summed E-state index contributed by atoms with van der Waals surface area (Å²) in [6.07, 6.45) is 5.13. The first-order valence-corrected chi connectivity index (χ1v) is 9.11. The van der Waals surface area contributed by atoms with Gasteiger partial charge in [0.05, 0.1) is 24.6 Å². The van der Waals surface area contributed by atoms with Gasteiger partial charge in [0, 0.05) is 35.6 Å². The Morgan fingerprint density at radius 1 is 1.21 bits per heavy atom. The summed E-state index contributed by atoms with van der Waals surface area (Å²) < 4.78 is 21.9. The van der Waals surface area contributed by atoms with Crippen LogP contribution in [0, 0.1) is 12.7 Å². The molecule has 1 N–H and O–H groups in total. The molecule has 4 aromatic rings. The number of nitrogens with zero attached hydrogens (tertiary/aromatic N) is 5. The maximum atomic E-state index is 13.0. The standard InChI is InChI=1S/C20H19FN6O2/c1-3-27-13(2)15(9-23-27)11-26-12-17(10-22-26)24-20(28)18-8-19(29-25-18)14-4-6-16(21)7-5-14/h4-10,12H,3,11H2,1-2H3,(H,24,28). The SMILES string of the molecule is CCn1ncc(Cn2cc(NC(=O)c3cc(-c4ccc(F)cc4)on3)cn2)c1C. The highest BCUT2D eigenvalue weighted by atomic mass is 19.1. The smallest absolute Gasteiger partial charge is 0.277 e. The van der Waals surface area contributed by atoms with Crippen molar-refractivity contribution >= 4 is 11.6 Å². The molecule has 9 heteroatoms. The lowest BCUT2D eigenvalue weighted by Gasteiger charge is -2.03. The highest BCUT2D eigenvalue weighted by Gasteiger charge is 2.15. The van der Waals surface area contributed by atoms with E-state index in [9.17, 15) is 9.18 Å². The first kappa shape index (κ1) is 18.6. The monoisotopic (exact) mass is 394 g/mol. The van der Waals surface area contributed by atoms with E-state index in [2.05, 4.69) is 20.7 Å². The van der Waals surface area contributed by atoms with Crippen molar-refractivity contribution in [2.45, 2.75) is 26.9 Å². The van der Waals surface area contributed by atoms with Crippen LogP contribution in [0.4, 0.5) is 10.1 Å². The number of anilines is 1. The number of rotatable bonds is 6. The van der Waals surface area contributed by atoms with Gasteiger partial charge in [-0.1, -0.05) is 5.16 Å². The quantitative estimate of drug-likeness (QED) is 0.540. The Balaban J connectivity index is 1.43. The maximum Gasteiger partial charge on any atom is 0.277 e. The highest BCUT2D eigenvalue weighted by molar-refractivity contribution is 6.03. The summed E-state index contributed by atoms with van der Waals surface area (Å²) in [4.78, 5) is 12.4. The zero-order valence-corrected chi connectivity index (χ0v) is 16.0. The predicted molar refractivity (Wildman–Crippen MR) is 104 cm³/mol. The molecule has 0 bridgehead atoms. The molecule has 3 aromatic heterocycles. The Morgan fingerprint density at radius 3 is 2.72 bits per heavy atom. The van der Waals surface area contributed by atoms with E-state index in [4.69, 9.17) is 4.52 Å². The van der Waals surface area contributed by atoms with Crippen molar-refractivity contribution in [1.82, 2.24) is 24.7 Å². The fourth-order valence-corrected chi connectivity index (χ4v) is 2.98. The summed E-state index contributed by atoms with van der Waals surface area (Å²) in [7, 11) is 0. The zero-order chi connectivity index (χ0) is 20.4. The lowest BCUT2D eigenvalue weighted by molar-refractivity contribution is 0.101. The number of benzene rings is 1. The molecule has 0 aliphatic carbocycles. The van der Waals surface area contributed by atoms with Crippen LogP contribution in [-0.2, 0) is 13.1 Å². The minimum atomic E-state index is -0.420. The number of carbonyl (C=O) groups is 1. The van der Waals surface area contributed by atoms with Crippen LogP contribution in [0.25, 0.3) is 11.3 Å². The maximum absolute atomic E-state index is 13.0. The van der Waals surface area contributed by atoms with Crippen LogP contribution in [0.1, 0.15) is 28.7 Å². The molecule has 0 atom stereocenters. The lowest BCUT2D eigenvalue weighted by Crippen LogP contribution is -2.11. The average molecular weight is 394 g/mol. The van der Waals surface area contributed by atoms with Gasteiger partial charge >= 0.3 is 0 Å². The van der Waals surface area contributed by atoms with Crippen molar-refractivity contribution in [3.63, 3.8) is 0 Å². The minimum absolute atomic E-state index is 0.122. The summed E-state index contributed by atoms with van der Waals surface area (Å²) in [5, 5.41) is 15.1. The number of aromatic nitrogens is 5. The summed E-state index contributed by atoms with van der Waals surface area (Å²) in [5.74, 6) is -0.383. The average Bonchev–Trinajstić information content (AvgIpc) is 3.44. The van der Waals surface area contributed by atoms with Gasteiger partial charge in [-0.05, 0) is 38.1 Å². The number of aryl methyl sites for hydroxylation is 1. The van der Waals surface area contributed by atoms with Crippen LogP contribution in [0.2, 0.25) is 0 Å². The highest BCUT2D eigenvalue weighted by Crippen LogP contribution is 2.21. The predicted octanol–water partition coefficient (Wildman–Crippen LogP) is 3.50. The molecule has 1 amide bonds. The Bertz CT molecular complexity index is 1140. The van der Waals surface area contributed by atoms with Crippen LogP contribution in [0.15, 0.2) is 53.4 Å². The van der Waals surface area contributed by atoms with Gasteiger partial charge in [0.25, 0.3) is 5.91 Å². The lowest BCUT2D eigenvalue weighted by atomic mass is 10.1. The molecule has 0 saturated heterocycles. The van der Waals surface area contributed by atoms with Gasteiger partial charge in [0.2, 0.25) is 0 Å². The second-order valence-corrected chi connectivity index (χ2v) is 6.53. The van der Waals surface area contributed by atoms with Crippen LogP contribution >= 0.6 is 0 Å². The van der Waals surface area contributed by atoms with Gasteiger partial charge in [0.1, 0.15) is 5.82 Å². The molecule has 29 heavy (non-hydrogen) atoms. The molecule has 1 aromatic carbocycles. The number of hydrogen-bond acceptors (Lipinski definition) is 5. The third-order valence-electron chi connectivity index (χ3n) is 4.60. The summed E-state index contributed by atoms with van der Waals surface area (Å²) in [6, 6.07) is 7.26. The molecule has 148 valence electrons. The van der Waals surface area contributed by atoms with Gasteiger partial charge in [-0.3, -0.25) is 14.2 Å². The topological polar surface area (TPSA) is 90.8 Å². The van der Waals surface area contributed by atoms with E-state index in [1.54, 1.807) is 29.2 Å². The largest absolute Gasteiger partial charge is 0.355 e. The molecule has 4 rings (SSSR count). The molecule has 3 heterocycles. The third kappa shape index (κ3) is 3.93. The first-order chi connectivity index (χ1) is 14.0. The Hall–Kier alpha value is -3.75. The van der Waals surface area contributed by atoms with Crippen LogP contribution in [0.3, 0.4) is 0 Å². The molecule has 0 saturated carbocycles. The fourth-order valence-electron chi connectivity index (χ4n) is 2.98. The number of amides is 1. The summed E-state index contributed by atoms with van der Waals surface area (Å²) in [6.45, 7) is 5.42. The number of nitrogens with one attached hydrogen (secondary N) is 1. The van der Waals surface area contributed by atoms with E-state index < -0.39 is 5.91 Å². The number of hydrogen-bond donors (Lipinski definition) is 1. The van der Waals surface area contributed by atoms with E-state index in [0.29, 0.717) is 23.6 Å². The van der Waals surface area contributed by atoms with Gasteiger partial charge in [-0.2, -0.15) is 10.2 Å². The Kier molecular flexibility index (Phi) is 4.94. The molecule has 8 nitrogen and oxygen atoms in total. The molecule has 0 fully saturated rings. The number of halogens is 1. The fraction of sp³-hybridized carbons (Fsp3) is 0.200. The Labute approximate surface area is 165 Å². The molecule has 0 aliphatic rings. The zero-order valence-electron chi connectivity index (χ0n) is 16.0. The van der Waals surface area contributed by atoms with Crippen molar-refractivity contribution in [3.05, 3.63) is 71.7 Å². The van der Waals surface area contributed by atoms with Gasteiger partial charge < -0.3 is 9.84 Å². The van der Waals surface area contributed by atoms with Gasteiger partial charge in [0.15, 0.2) is 11.5 Å². The first-order valence-electron chi connectivity index (χ1n) is 9.11. The molecule has 0 radical (unpaired) electrons. The summed E-state index contributed by atoms with van der Waals surface area (Å²) >= 11 is 0. The van der Waals surface area contributed by atoms with Gasteiger partial charge in [-0.15, -0.1) is 0 Å². The normalized spacial score (nSPS) is 11.0. The third-order valence-corrected chi connectivity index (χ3v) is 4.60. The second kappa shape index (κ2) is 7.70. The molecular formula is C20H19FN6O2. The van der Waals surface area contributed by atoms with Crippen molar-refractivity contribution in [2.24, 2.45) is 0 Å². The van der Waals surface area contributed by atoms with Crippen molar-refractivity contribution in [3.8, 4) is 11.3 Å². The van der Waals surface area contributed by atoms with E-state index in [0.717, 1.165) is 17.8 Å². The molecule has 0 aliphatic heterocycles. The van der Waals surface area contributed by atoms with Crippen LogP contribution in [0.5, 0.6) is 0 Å². The van der Waals surface area contributed by atoms with Crippen molar-refractivity contribution in [2.75, 3.05) is 5.32 Å². The van der Waals surface area contributed by atoms with Crippen LogP contribution < -0.4 is 5.32 Å². The van der Waals surface area contributed by atoms with Gasteiger partial charge in [-0.25, -0.2) is 4.39 Å². The molecule has 0 unspecified atom stereocenters. The molecular weight excluding hydrogens is 375 g/mol. The van der Waals surface area contributed by atoms with Crippen molar-refractivity contribution < 1.29 is 13.7 Å². The second-order valence-electron chi connectivity index (χ2n) is 6.53. The van der Waals surface area contributed by atoms with E-state index in [-0.39, 0.29) is 11.5 Å². The number of carbonyl (C=O) groups excluding carboxylic acids is 1.